The average molecular weight is 715 g/mol. The number of aromatic carboxylic acids is 1. The van der Waals surface area contributed by atoms with Crippen molar-refractivity contribution in [2.45, 2.75) is 119 Å². The number of aliphatic carboxylic acids is 1. The Hall–Kier alpha value is -2.93. The lowest BCUT2D eigenvalue weighted by molar-refractivity contribution is -0.225. The van der Waals surface area contributed by atoms with Crippen molar-refractivity contribution >= 4 is 23.4 Å². The van der Waals surface area contributed by atoms with Crippen LogP contribution < -0.4 is 5.32 Å². The number of nitrogens with one attached hydrogen (secondary N) is 1. The van der Waals surface area contributed by atoms with Crippen LogP contribution in [0.15, 0.2) is 42.5 Å². The Balaban J connectivity index is 1.24. The highest BCUT2D eigenvalue weighted by Crippen LogP contribution is 2.77. The van der Waals surface area contributed by atoms with Crippen molar-refractivity contribution in [3.8, 4) is 0 Å². The summed E-state index contributed by atoms with van der Waals surface area (Å²) >= 11 is 0. The van der Waals surface area contributed by atoms with Crippen molar-refractivity contribution in [2.24, 2.45) is 56.7 Å². The summed E-state index contributed by atoms with van der Waals surface area (Å²) in [6.07, 6.45) is 13.1. The summed E-state index contributed by atoms with van der Waals surface area (Å²) in [5.74, 6) is 0.903. The van der Waals surface area contributed by atoms with E-state index in [1.165, 1.54) is 36.8 Å². The number of fused-ring (bicyclic) bond motifs is 7. The zero-order chi connectivity index (χ0) is 37.9. The molecule has 0 radical (unpaired) electrons. The minimum Gasteiger partial charge on any atom is -0.481 e. The molecule has 9 atom stereocenters. The second kappa shape index (κ2) is 14.0. The van der Waals surface area contributed by atoms with Crippen molar-refractivity contribution < 1.29 is 24.6 Å². The summed E-state index contributed by atoms with van der Waals surface area (Å²) in [5, 5.41) is 22.0. The van der Waals surface area contributed by atoms with Crippen LogP contribution >= 0.6 is 0 Å². The molecule has 6 rings (SSSR count). The first kappa shape index (κ1) is 38.8. The Morgan fingerprint density at radius 1 is 0.885 bits per heavy atom. The van der Waals surface area contributed by atoms with Crippen molar-refractivity contribution in [3.05, 3.63) is 53.6 Å². The van der Waals surface area contributed by atoms with E-state index in [1.54, 1.807) is 12.1 Å². The topological polar surface area (TPSA) is 107 Å². The molecule has 0 aromatic heterocycles. The number of hydrogen-bond donors (Lipinski definition) is 3. The fraction of sp³-hybridized carbons (Fsp3) is 0.711. The van der Waals surface area contributed by atoms with Crippen LogP contribution in [0.3, 0.4) is 0 Å². The van der Waals surface area contributed by atoms with Gasteiger partial charge in [0, 0.05) is 19.5 Å². The summed E-state index contributed by atoms with van der Waals surface area (Å²) in [5.41, 5.74) is 4.19. The molecule has 286 valence electrons. The van der Waals surface area contributed by atoms with Gasteiger partial charge in [0.15, 0.2) is 0 Å². The third-order valence-electron chi connectivity index (χ3n) is 16.6. The highest BCUT2D eigenvalue weighted by Gasteiger charge is 2.71. The molecule has 7 nitrogen and oxygen atoms in total. The van der Waals surface area contributed by atoms with Gasteiger partial charge in [-0.15, -0.1) is 0 Å². The van der Waals surface area contributed by atoms with Crippen molar-refractivity contribution in [1.29, 1.82) is 0 Å². The number of carbonyl (C=O) groups excluding carboxylic acids is 1. The van der Waals surface area contributed by atoms with E-state index >= 15 is 0 Å². The molecule has 0 saturated heterocycles. The zero-order valence-corrected chi connectivity index (χ0v) is 33.2. The number of benzene rings is 1. The highest BCUT2D eigenvalue weighted by molar-refractivity contribution is 5.88. The molecule has 1 aromatic rings. The number of carboxylic acids is 2. The molecule has 0 bridgehead atoms. The molecule has 1 aromatic carbocycles. The van der Waals surface area contributed by atoms with Crippen molar-refractivity contribution in [2.75, 3.05) is 26.2 Å². The van der Waals surface area contributed by atoms with Gasteiger partial charge in [-0.2, -0.15) is 0 Å². The maximum absolute atomic E-state index is 14.5. The third-order valence-corrected chi connectivity index (χ3v) is 16.6. The quantitative estimate of drug-likeness (QED) is 0.186. The molecule has 52 heavy (non-hydrogen) atoms. The Morgan fingerprint density at radius 3 is 2.23 bits per heavy atom. The Bertz CT molecular complexity index is 1600. The fourth-order valence-corrected chi connectivity index (χ4v) is 13.8. The smallest absolute Gasteiger partial charge is 0.335 e. The molecule has 0 heterocycles. The molecule has 0 aliphatic heterocycles. The SMILES string of the molecule is C=C(C)[C@@H]1CC[C@]2(C(=O)NCCN(CC)CCCC(=O)O)CC[C@]3(C)[C@H](CC[C@@H]4[C@@]5(C)CC=C(c6ccc(C(=O)O)cc6)C(C)(C)[C@@H]5CC[C@]43C)[C@@H]12. The van der Waals surface area contributed by atoms with Crippen LogP contribution in [0.2, 0.25) is 0 Å². The number of likely N-dealkylation sites (N-methyl/N-ethyl adjacent to an activating group) is 1. The van der Waals surface area contributed by atoms with E-state index in [0.29, 0.717) is 48.1 Å². The minimum atomic E-state index is -0.885. The lowest BCUT2D eigenvalue weighted by Crippen LogP contribution is -2.66. The summed E-state index contributed by atoms with van der Waals surface area (Å²) in [7, 11) is 0. The van der Waals surface area contributed by atoms with Crippen LogP contribution in [0, 0.1) is 56.7 Å². The lowest BCUT2D eigenvalue weighted by Gasteiger charge is -2.72. The van der Waals surface area contributed by atoms with Gasteiger partial charge in [0.1, 0.15) is 0 Å². The molecular formula is C45H66N2O5. The molecule has 3 N–H and O–H groups in total. The number of nitrogens with zero attached hydrogens (tertiary/aromatic N) is 1. The summed E-state index contributed by atoms with van der Waals surface area (Å²) in [6.45, 7) is 24.5. The predicted octanol–water partition coefficient (Wildman–Crippen LogP) is 9.34. The van der Waals surface area contributed by atoms with Crippen LogP contribution in [0.25, 0.3) is 5.57 Å². The number of carbonyl (C=O) groups is 3. The van der Waals surface area contributed by atoms with Crippen LogP contribution in [-0.4, -0.2) is 59.1 Å². The van der Waals surface area contributed by atoms with Crippen LogP contribution in [-0.2, 0) is 9.59 Å². The third kappa shape index (κ3) is 6.09. The van der Waals surface area contributed by atoms with Gasteiger partial charge in [-0.25, -0.2) is 4.79 Å². The summed E-state index contributed by atoms with van der Waals surface area (Å²) in [4.78, 5) is 39.4. The van der Waals surface area contributed by atoms with Gasteiger partial charge in [0.05, 0.1) is 11.0 Å². The second-order valence-corrected chi connectivity index (χ2v) is 19.0. The standard InChI is InChI=1S/C45H66N2O5/c1-9-47(27-10-11-37(48)49)28-26-46-40(52)45-23-18-32(29(2)3)38(45)34-16-17-36-42(6)21-19-33(30-12-14-31(15-13-30)39(50)51)41(4,5)35(42)20-22-44(36,8)43(34,7)24-25-45/h12-15,19,32,34-36,38H,2,9-11,16-18,20-28H2,1,3-8H3,(H,46,52)(H,48,49)(H,50,51)/t32-,34+,35-,36+,38+,42-,43+,44+,45-/m0/s1. The van der Waals surface area contributed by atoms with Gasteiger partial charge >= 0.3 is 11.9 Å². The maximum atomic E-state index is 14.5. The maximum Gasteiger partial charge on any atom is 0.335 e. The van der Waals surface area contributed by atoms with Gasteiger partial charge in [0.25, 0.3) is 0 Å². The number of amides is 1. The molecule has 7 heteroatoms. The Morgan fingerprint density at radius 2 is 1.60 bits per heavy atom. The molecule has 4 fully saturated rings. The second-order valence-electron chi connectivity index (χ2n) is 19.0. The molecular weight excluding hydrogens is 649 g/mol. The number of carboxylic acid groups (broad SMARTS) is 2. The molecule has 0 spiro atoms. The lowest BCUT2D eigenvalue weighted by atomic mass is 9.32. The summed E-state index contributed by atoms with van der Waals surface area (Å²) < 4.78 is 0. The van der Waals surface area contributed by atoms with Gasteiger partial charge in [-0.05, 0) is 159 Å². The first-order chi connectivity index (χ1) is 24.5. The van der Waals surface area contributed by atoms with Gasteiger partial charge in [-0.3, -0.25) is 9.59 Å². The van der Waals surface area contributed by atoms with E-state index in [4.69, 9.17) is 5.11 Å². The fourth-order valence-electron chi connectivity index (χ4n) is 13.8. The Labute approximate surface area is 313 Å². The van der Waals surface area contributed by atoms with E-state index < -0.39 is 11.9 Å². The van der Waals surface area contributed by atoms with E-state index in [0.717, 1.165) is 57.3 Å². The van der Waals surface area contributed by atoms with E-state index in [2.05, 4.69) is 71.3 Å². The first-order valence-electron chi connectivity index (χ1n) is 20.4. The Kier molecular flexibility index (Phi) is 10.5. The van der Waals surface area contributed by atoms with E-state index in [9.17, 15) is 19.5 Å². The number of hydrogen-bond acceptors (Lipinski definition) is 4. The minimum absolute atomic E-state index is 0.0310. The zero-order valence-electron chi connectivity index (χ0n) is 33.2. The molecule has 1 amide bonds. The van der Waals surface area contributed by atoms with Crippen LogP contribution in [0.4, 0.5) is 0 Å². The number of allylic oxidation sites excluding steroid dienone is 3. The van der Waals surface area contributed by atoms with Gasteiger partial charge in [-0.1, -0.05) is 71.9 Å². The normalized spacial score (nSPS) is 37.5. The number of rotatable bonds is 12. The van der Waals surface area contributed by atoms with Gasteiger partial charge < -0.3 is 20.4 Å². The van der Waals surface area contributed by atoms with E-state index in [-0.39, 0.29) is 39.4 Å². The summed E-state index contributed by atoms with van der Waals surface area (Å²) in [6, 6.07) is 7.51. The van der Waals surface area contributed by atoms with Crippen LogP contribution in [0.5, 0.6) is 0 Å². The average Bonchev–Trinajstić information content (AvgIpc) is 3.49. The molecule has 4 saturated carbocycles. The van der Waals surface area contributed by atoms with Gasteiger partial charge in [0.2, 0.25) is 5.91 Å². The molecule has 5 aliphatic rings. The molecule has 5 aliphatic carbocycles. The van der Waals surface area contributed by atoms with E-state index in [1.807, 2.05) is 12.1 Å². The monoisotopic (exact) mass is 714 g/mol. The van der Waals surface area contributed by atoms with Crippen LogP contribution in [0.1, 0.15) is 135 Å². The first-order valence-corrected chi connectivity index (χ1v) is 20.4. The van der Waals surface area contributed by atoms with Crippen molar-refractivity contribution in [1.82, 2.24) is 10.2 Å². The predicted molar refractivity (Wildman–Crippen MR) is 208 cm³/mol. The van der Waals surface area contributed by atoms with Crippen molar-refractivity contribution in [3.63, 3.8) is 0 Å². The highest BCUT2D eigenvalue weighted by atomic mass is 16.4. The largest absolute Gasteiger partial charge is 0.481 e. The molecule has 0 unspecified atom stereocenters.